The molecule has 0 radical (unpaired) electrons. The lowest BCUT2D eigenvalue weighted by Crippen LogP contribution is -2.66. The number of nitrogens with zero attached hydrogens (tertiary/aromatic N) is 5. The second-order valence-corrected chi connectivity index (χ2v) is 6.93. The highest BCUT2D eigenvalue weighted by atomic mass is 127. The highest BCUT2D eigenvalue weighted by Gasteiger charge is 2.40. The van der Waals surface area contributed by atoms with Crippen molar-refractivity contribution in [3.63, 3.8) is 0 Å². The molecule has 1 aliphatic heterocycles. The Morgan fingerprint density at radius 3 is 2.60 bits per heavy atom. The van der Waals surface area contributed by atoms with Crippen molar-refractivity contribution in [3.8, 4) is 0 Å². The summed E-state index contributed by atoms with van der Waals surface area (Å²) < 4.78 is 5.10. The average molecular weight is 464 g/mol. The Morgan fingerprint density at radius 1 is 1.44 bits per heavy atom. The van der Waals surface area contributed by atoms with Gasteiger partial charge in [-0.15, -0.1) is 24.0 Å². The van der Waals surface area contributed by atoms with Crippen LogP contribution in [-0.2, 0) is 11.3 Å². The fourth-order valence-corrected chi connectivity index (χ4v) is 3.29. The largest absolute Gasteiger partial charge is 0.356 e. The minimum Gasteiger partial charge on any atom is -0.356 e. The lowest BCUT2D eigenvalue weighted by molar-refractivity contribution is -0.145. The van der Waals surface area contributed by atoms with E-state index in [1.165, 1.54) is 0 Å². The Balaban J connectivity index is 0.00000312. The molecule has 0 spiro atoms. The van der Waals surface area contributed by atoms with Gasteiger partial charge in [0.25, 0.3) is 0 Å². The molecule has 0 bridgehead atoms. The number of hydrogen-bond acceptors (Lipinski definition) is 5. The van der Waals surface area contributed by atoms with Crippen molar-refractivity contribution in [2.45, 2.75) is 59.7 Å². The van der Waals surface area contributed by atoms with E-state index in [0.29, 0.717) is 37.3 Å². The van der Waals surface area contributed by atoms with E-state index >= 15 is 0 Å². The molecule has 1 aromatic heterocycles. The third-order valence-corrected chi connectivity index (χ3v) is 3.91. The molecule has 0 aromatic carbocycles. The van der Waals surface area contributed by atoms with E-state index in [2.05, 4.69) is 34.3 Å². The summed E-state index contributed by atoms with van der Waals surface area (Å²) >= 11 is 0. The Morgan fingerprint density at radius 2 is 2.12 bits per heavy atom. The number of amides is 1. The highest BCUT2D eigenvalue weighted by molar-refractivity contribution is 14.0. The smallest absolute Gasteiger partial charge is 0.248 e. The predicted molar refractivity (Wildman–Crippen MR) is 107 cm³/mol. The fourth-order valence-electron chi connectivity index (χ4n) is 3.29. The van der Waals surface area contributed by atoms with Crippen molar-refractivity contribution in [2.75, 3.05) is 19.6 Å². The number of hydrogen-bond donors (Lipinski definition) is 1. The van der Waals surface area contributed by atoms with E-state index < -0.39 is 0 Å². The first-order valence-corrected chi connectivity index (χ1v) is 8.39. The van der Waals surface area contributed by atoms with Gasteiger partial charge in [-0.2, -0.15) is 4.98 Å². The van der Waals surface area contributed by atoms with E-state index in [0.717, 1.165) is 6.54 Å². The predicted octanol–water partition coefficient (Wildman–Crippen LogP) is 1.79. The summed E-state index contributed by atoms with van der Waals surface area (Å²) in [5, 5.41) is 7.01. The third-order valence-electron chi connectivity index (χ3n) is 3.91. The van der Waals surface area contributed by atoms with E-state index in [-0.39, 0.29) is 41.5 Å². The molecule has 1 fully saturated rings. The number of halogens is 1. The molecule has 1 amide bonds. The quantitative estimate of drug-likeness (QED) is 0.416. The molecule has 9 heteroatoms. The van der Waals surface area contributed by atoms with Gasteiger partial charge in [0.15, 0.2) is 11.8 Å². The molecule has 2 heterocycles. The molecule has 0 atom stereocenters. The summed E-state index contributed by atoms with van der Waals surface area (Å²) in [5.74, 6) is 1.86. The molecule has 0 saturated carbocycles. The van der Waals surface area contributed by atoms with Crippen LogP contribution in [0.5, 0.6) is 0 Å². The maximum Gasteiger partial charge on any atom is 0.248 e. The van der Waals surface area contributed by atoms with Crippen LogP contribution in [0.25, 0.3) is 0 Å². The maximum absolute atomic E-state index is 12.6. The molecule has 1 aromatic rings. The fraction of sp³-hybridized carbons (Fsp3) is 0.750. The number of piperazine rings is 1. The number of nitrogens with one attached hydrogen (secondary N) is 1. The number of rotatable bonds is 4. The van der Waals surface area contributed by atoms with E-state index in [1.54, 1.807) is 6.92 Å². The van der Waals surface area contributed by atoms with Gasteiger partial charge in [-0.1, -0.05) is 5.16 Å². The minimum atomic E-state index is -0.263. The Kier molecular flexibility index (Phi) is 7.63. The van der Waals surface area contributed by atoms with Gasteiger partial charge >= 0.3 is 0 Å². The molecule has 142 valence electrons. The van der Waals surface area contributed by atoms with Crippen LogP contribution in [0, 0.1) is 6.92 Å². The van der Waals surface area contributed by atoms with Crippen molar-refractivity contribution in [1.82, 2.24) is 25.3 Å². The molecule has 1 N–H and O–H groups in total. The Hall–Kier alpha value is -1.39. The van der Waals surface area contributed by atoms with Crippen LogP contribution >= 0.6 is 24.0 Å². The van der Waals surface area contributed by atoms with Crippen molar-refractivity contribution >= 4 is 35.8 Å². The molecule has 1 aliphatic rings. The number of aliphatic imine (C=N–C) groups is 1. The summed E-state index contributed by atoms with van der Waals surface area (Å²) in [6.07, 6.45) is 0. The standard InChI is InChI=1S/C16H28N6O2.HI/c1-7-17-15(18-8-13-19-12(4)20-24-13)21-9-14(23)22(11(2)3)16(5,6)10-21;/h11H,7-10H2,1-6H3,(H,17,18);1H. The van der Waals surface area contributed by atoms with E-state index in [4.69, 9.17) is 4.52 Å². The molecule has 0 unspecified atom stereocenters. The number of aryl methyl sites for hydroxylation is 1. The molecule has 25 heavy (non-hydrogen) atoms. The molecular weight excluding hydrogens is 435 g/mol. The molecule has 1 saturated heterocycles. The number of aromatic nitrogens is 2. The summed E-state index contributed by atoms with van der Waals surface area (Å²) in [6.45, 7) is 14.1. The SMILES string of the molecule is CCNC(=NCc1nc(C)no1)N1CC(=O)N(C(C)C)C(C)(C)C1.I. The van der Waals surface area contributed by atoms with Gasteiger partial charge in [0.2, 0.25) is 11.8 Å². The first-order chi connectivity index (χ1) is 11.2. The molecule has 0 aliphatic carbocycles. The first-order valence-electron chi connectivity index (χ1n) is 8.39. The van der Waals surface area contributed by atoms with Crippen LogP contribution in [0.15, 0.2) is 9.52 Å². The van der Waals surface area contributed by atoms with Gasteiger partial charge in [-0.3, -0.25) is 4.79 Å². The van der Waals surface area contributed by atoms with Crippen LogP contribution < -0.4 is 5.32 Å². The summed E-state index contributed by atoms with van der Waals surface area (Å²) in [7, 11) is 0. The average Bonchev–Trinajstić information content (AvgIpc) is 2.86. The van der Waals surface area contributed by atoms with Crippen molar-refractivity contribution in [3.05, 3.63) is 11.7 Å². The lowest BCUT2D eigenvalue weighted by Gasteiger charge is -2.49. The zero-order valence-corrected chi connectivity index (χ0v) is 18.2. The van der Waals surface area contributed by atoms with Gasteiger partial charge in [0.1, 0.15) is 6.54 Å². The van der Waals surface area contributed by atoms with E-state index in [9.17, 15) is 4.79 Å². The summed E-state index contributed by atoms with van der Waals surface area (Å²) in [4.78, 5) is 25.3. The van der Waals surface area contributed by atoms with Crippen molar-refractivity contribution in [2.24, 2.45) is 4.99 Å². The van der Waals surface area contributed by atoms with Gasteiger partial charge in [-0.25, -0.2) is 4.99 Å². The van der Waals surface area contributed by atoms with Crippen LogP contribution in [0.2, 0.25) is 0 Å². The van der Waals surface area contributed by atoms with Crippen molar-refractivity contribution in [1.29, 1.82) is 0 Å². The van der Waals surface area contributed by atoms with Crippen LogP contribution in [-0.4, -0.2) is 63.0 Å². The Labute approximate surface area is 166 Å². The van der Waals surface area contributed by atoms with Gasteiger partial charge in [0, 0.05) is 19.1 Å². The number of guanidine groups is 1. The normalized spacial score (nSPS) is 17.7. The van der Waals surface area contributed by atoms with Crippen LogP contribution in [0.1, 0.15) is 46.3 Å². The Bertz CT molecular complexity index is 614. The zero-order valence-electron chi connectivity index (χ0n) is 15.9. The number of carbonyl (C=O) groups is 1. The summed E-state index contributed by atoms with van der Waals surface area (Å²) in [6, 6.07) is 0.176. The molecular formula is C16H29IN6O2. The second kappa shape index (κ2) is 8.81. The topological polar surface area (TPSA) is 86.9 Å². The van der Waals surface area contributed by atoms with E-state index in [1.807, 2.05) is 30.6 Å². The summed E-state index contributed by atoms with van der Waals surface area (Å²) in [5.41, 5.74) is -0.263. The lowest BCUT2D eigenvalue weighted by atomic mass is 9.96. The molecule has 8 nitrogen and oxygen atoms in total. The monoisotopic (exact) mass is 464 g/mol. The molecule has 2 rings (SSSR count). The number of carbonyl (C=O) groups excluding carboxylic acids is 1. The third kappa shape index (κ3) is 5.29. The minimum absolute atomic E-state index is 0. The first kappa shape index (κ1) is 21.7. The van der Waals surface area contributed by atoms with Crippen molar-refractivity contribution < 1.29 is 9.32 Å². The van der Waals surface area contributed by atoms with Gasteiger partial charge in [0.05, 0.1) is 12.1 Å². The van der Waals surface area contributed by atoms with Gasteiger partial charge in [-0.05, 0) is 41.5 Å². The van der Waals surface area contributed by atoms with Crippen LogP contribution in [0.4, 0.5) is 0 Å². The van der Waals surface area contributed by atoms with Gasteiger partial charge < -0.3 is 19.6 Å². The van der Waals surface area contributed by atoms with Crippen LogP contribution in [0.3, 0.4) is 0 Å². The zero-order chi connectivity index (χ0) is 17.9. The highest BCUT2D eigenvalue weighted by Crippen LogP contribution is 2.24. The second-order valence-electron chi connectivity index (χ2n) is 6.93. The maximum atomic E-state index is 12.6.